The molecule has 6 nitrogen and oxygen atoms in total. The van der Waals surface area contributed by atoms with E-state index >= 15 is 0 Å². The molecular weight excluding hydrogens is 475 g/mol. The number of piperidine rings is 1. The van der Waals surface area contributed by atoms with Crippen molar-refractivity contribution in [3.05, 3.63) is 52.0 Å². The van der Waals surface area contributed by atoms with Crippen LogP contribution < -0.4 is 14.2 Å². The Kier molecular flexibility index (Phi) is 10.6. The van der Waals surface area contributed by atoms with Crippen LogP contribution in [-0.4, -0.2) is 74.6 Å². The molecular formula is C26H36Cl2N2O4. The second-order valence-corrected chi connectivity index (χ2v) is 9.86. The Hall–Kier alpha value is -1.70. The van der Waals surface area contributed by atoms with Crippen LogP contribution in [0.1, 0.15) is 25.3 Å². The number of rotatable bonds is 12. The predicted octanol–water partition coefficient (Wildman–Crippen LogP) is 4.98. The minimum Gasteiger partial charge on any atom is -0.493 e. The van der Waals surface area contributed by atoms with Crippen molar-refractivity contribution in [2.75, 3.05) is 53.6 Å². The second-order valence-electron chi connectivity index (χ2n) is 9.07. The molecule has 0 radical (unpaired) electrons. The highest BCUT2D eigenvalue weighted by molar-refractivity contribution is 6.42. The first kappa shape index (κ1) is 26.9. The summed E-state index contributed by atoms with van der Waals surface area (Å²) in [5.74, 6) is 2.77. The molecule has 0 aliphatic carbocycles. The van der Waals surface area contributed by atoms with Gasteiger partial charge >= 0.3 is 0 Å². The van der Waals surface area contributed by atoms with Crippen LogP contribution in [-0.2, 0) is 6.54 Å². The van der Waals surface area contributed by atoms with Gasteiger partial charge in [0.1, 0.15) is 30.1 Å². The smallest absolute Gasteiger partial charge is 0.161 e. The number of aliphatic hydroxyl groups is 1. The number of halogens is 2. The molecule has 1 atom stereocenters. The van der Waals surface area contributed by atoms with Crippen LogP contribution >= 0.6 is 23.2 Å². The Morgan fingerprint density at radius 3 is 2.59 bits per heavy atom. The maximum absolute atomic E-state index is 10.4. The predicted molar refractivity (Wildman–Crippen MR) is 138 cm³/mol. The van der Waals surface area contributed by atoms with Crippen molar-refractivity contribution in [1.29, 1.82) is 0 Å². The first-order chi connectivity index (χ1) is 16.4. The molecule has 1 heterocycles. The summed E-state index contributed by atoms with van der Waals surface area (Å²) in [6, 6.07) is 11.2. The zero-order valence-corrected chi connectivity index (χ0v) is 21.8. The molecule has 0 spiro atoms. The SMILES string of the molecule is COc1cc(CN(C)CC(O)COc2cccc(Cl)c2Cl)ccc1OCCN1CCC(C)CC1. The fourth-order valence-corrected chi connectivity index (χ4v) is 4.42. The molecule has 2 aromatic carbocycles. The Morgan fingerprint density at radius 2 is 1.85 bits per heavy atom. The molecule has 1 unspecified atom stereocenters. The summed E-state index contributed by atoms with van der Waals surface area (Å²) in [5.41, 5.74) is 1.07. The molecule has 8 heteroatoms. The maximum atomic E-state index is 10.4. The van der Waals surface area contributed by atoms with Crippen molar-refractivity contribution in [3.63, 3.8) is 0 Å². The van der Waals surface area contributed by atoms with Crippen LogP contribution in [0.4, 0.5) is 0 Å². The van der Waals surface area contributed by atoms with Crippen LogP contribution in [0.3, 0.4) is 0 Å². The normalized spacial score (nSPS) is 16.0. The Labute approximate surface area is 213 Å². The molecule has 0 saturated carbocycles. The fraction of sp³-hybridized carbons (Fsp3) is 0.538. The van der Waals surface area contributed by atoms with Gasteiger partial charge in [0, 0.05) is 19.6 Å². The third-order valence-corrected chi connectivity index (χ3v) is 6.89. The number of likely N-dealkylation sites (N-methyl/N-ethyl adjacent to an activating group) is 1. The number of hydrogen-bond acceptors (Lipinski definition) is 6. The molecule has 3 rings (SSSR count). The second kappa shape index (κ2) is 13.4. The van der Waals surface area contributed by atoms with E-state index in [4.69, 9.17) is 37.4 Å². The van der Waals surface area contributed by atoms with Crippen molar-refractivity contribution in [2.24, 2.45) is 5.92 Å². The van der Waals surface area contributed by atoms with Gasteiger partial charge in [-0.1, -0.05) is 42.3 Å². The van der Waals surface area contributed by atoms with Crippen LogP contribution in [0.5, 0.6) is 17.2 Å². The highest BCUT2D eigenvalue weighted by atomic mass is 35.5. The van der Waals surface area contributed by atoms with Crippen molar-refractivity contribution in [2.45, 2.75) is 32.4 Å². The minimum absolute atomic E-state index is 0.121. The number of methoxy groups -OCH3 is 1. The summed E-state index contributed by atoms with van der Waals surface area (Å²) in [7, 11) is 3.61. The number of ether oxygens (including phenoxy) is 3. The topological polar surface area (TPSA) is 54.4 Å². The van der Waals surface area contributed by atoms with E-state index in [-0.39, 0.29) is 6.61 Å². The zero-order chi connectivity index (χ0) is 24.5. The summed E-state index contributed by atoms with van der Waals surface area (Å²) in [6.45, 7) is 7.41. The van der Waals surface area contributed by atoms with E-state index in [1.165, 1.54) is 12.8 Å². The molecule has 1 saturated heterocycles. The molecule has 0 bridgehead atoms. The monoisotopic (exact) mass is 510 g/mol. The standard InChI is InChI=1S/C26H36Cl2N2O4/c1-19-9-11-30(12-10-19)13-14-33-23-8-7-20(15-25(23)32-3)16-29(2)17-21(31)18-34-24-6-4-5-22(27)26(24)28/h4-8,15,19,21,31H,9-14,16-18H2,1-3H3. The lowest BCUT2D eigenvalue weighted by atomic mass is 9.99. The van der Waals surface area contributed by atoms with E-state index in [9.17, 15) is 5.11 Å². The Balaban J connectivity index is 1.44. The summed E-state index contributed by atoms with van der Waals surface area (Å²) in [6.07, 6.45) is 1.85. The molecule has 1 aliphatic heterocycles. The molecule has 1 fully saturated rings. The lowest BCUT2D eigenvalue weighted by Crippen LogP contribution is -2.35. The van der Waals surface area contributed by atoms with Gasteiger partial charge in [-0.2, -0.15) is 0 Å². The largest absolute Gasteiger partial charge is 0.493 e. The highest BCUT2D eigenvalue weighted by Crippen LogP contribution is 2.31. The summed E-state index contributed by atoms with van der Waals surface area (Å²) in [4.78, 5) is 4.49. The molecule has 0 aromatic heterocycles. The van der Waals surface area contributed by atoms with E-state index in [2.05, 4.69) is 11.8 Å². The average Bonchev–Trinajstić information content (AvgIpc) is 2.82. The van der Waals surface area contributed by atoms with Gasteiger partial charge in [0.05, 0.1) is 12.1 Å². The molecule has 0 amide bonds. The first-order valence-electron chi connectivity index (χ1n) is 11.8. The minimum atomic E-state index is -0.678. The summed E-state index contributed by atoms with van der Waals surface area (Å²) in [5, 5.41) is 11.2. The van der Waals surface area contributed by atoms with Crippen LogP contribution in [0.25, 0.3) is 0 Å². The van der Waals surface area contributed by atoms with Gasteiger partial charge in [-0.05, 0) is 68.7 Å². The number of aliphatic hydroxyl groups excluding tert-OH is 1. The van der Waals surface area contributed by atoms with Crippen molar-refractivity contribution in [1.82, 2.24) is 9.80 Å². The lowest BCUT2D eigenvalue weighted by Gasteiger charge is -2.30. The quantitative estimate of drug-likeness (QED) is 0.434. The molecule has 1 N–H and O–H groups in total. The summed E-state index contributed by atoms with van der Waals surface area (Å²) < 4.78 is 17.2. The van der Waals surface area contributed by atoms with Crippen LogP contribution in [0, 0.1) is 5.92 Å². The third-order valence-electron chi connectivity index (χ3n) is 6.09. The Morgan fingerprint density at radius 1 is 1.09 bits per heavy atom. The van der Waals surface area contributed by atoms with E-state index in [0.717, 1.165) is 42.6 Å². The van der Waals surface area contributed by atoms with E-state index in [0.29, 0.717) is 35.5 Å². The summed E-state index contributed by atoms with van der Waals surface area (Å²) >= 11 is 12.1. The van der Waals surface area contributed by atoms with Crippen molar-refractivity contribution >= 4 is 23.2 Å². The van der Waals surface area contributed by atoms with E-state index in [1.54, 1.807) is 25.3 Å². The zero-order valence-electron chi connectivity index (χ0n) is 20.3. The third kappa shape index (κ3) is 8.21. The molecule has 2 aromatic rings. The number of nitrogens with zero attached hydrogens (tertiary/aromatic N) is 2. The van der Waals surface area contributed by atoms with Gasteiger partial charge in [-0.25, -0.2) is 0 Å². The van der Waals surface area contributed by atoms with Crippen molar-refractivity contribution < 1.29 is 19.3 Å². The fourth-order valence-electron chi connectivity index (χ4n) is 4.07. The van der Waals surface area contributed by atoms with Gasteiger partial charge < -0.3 is 19.3 Å². The number of likely N-dealkylation sites (tertiary alicyclic amines) is 1. The molecule has 34 heavy (non-hydrogen) atoms. The van der Waals surface area contributed by atoms with E-state index < -0.39 is 6.10 Å². The first-order valence-corrected chi connectivity index (χ1v) is 12.6. The van der Waals surface area contributed by atoms with Gasteiger partial charge in [0.2, 0.25) is 0 Å². The van der Waals surface area contributed by atoms with Crippen LogP contribution in [0.15, 0.2) is 36.4 Å². The number of hydrogen-bond donors (Lipinski definition) is 1. The average molecular weight is 511 g/mol. The van der Waals surface area contributed by atoms with Gasteiger partial charge in [0.15, 0.2) is 11.5 Å². The lowest BCUT2D eigenvalue weighted by molar-refractivity contribution is 0.0744. The number of benzene rings is 2. The van der Waals surface area contributed by atoms with Crippen molar-refractivity contribution in [3.8, 4) is 17.2 Å². The molecule has 1 aliphatic rings. The van der Waals surface area contributed by atoms with Crippen LogP contribution in [0.2, 0.25) is 10.0 Å². The maximum Gasteiger partial charge on any atom is 0.161 e. The molecule has 188 valence electrons. The highest BCUT2D eigenvalue weighted by Gasteiger charge is 2.16. The van der Waals surface area contributed by atoms with Gasteiger partial charge in [-0.15, -0.1) is 0 Å². The van der Waals surface area contributed by atoms with E-state index in [1.807, 2.05) is 30.1 Å². The van der Waals surface area contributed by atoms with Gasteiger partial charge in [-0.3, -0.25) is 9.80 Å². The Bertz CT molecular complexity index is 906. The van der Waals surface area contributed by atoms with Gasteiger partial charge in [0.25, 0.3) is 0 Å².